The van der Waals surface area contributed by atoms with E-state index in [2.05, 4.69) is 20.2 Å². The molecule has 1 aromatic heterocycles. The molecule has 0 atom stereocenters. The SMILES string of the molecule is CC(=O)c1c(F)cccc1N1CCCN(c2nc(C)cs2)CC1. The predicted molar refractivity (Wildman–Crippen MR) is 92.3 cm³/mol. The van der Waals surface area contributed by atoms with Gasteiger partial charge in [-0.25, -0.2) is 9.37 Å². The van der Waals surface area contributed by atoms with Gasteiger partial charge in [0.15, 0.2) is 10.9 Å². The van der Waals surface area contributed by atoms with Gasteiger partial charge < -0.3 is 9.80 Å². The summed E-state index contributed by atoms with van der Waals surface area (Å²) in [7, 11) is 0. The Morgan fingerprint density at radius 1 is 1.22 bits per heavy atom. The number of hydrogen-bond acceptors (Lipinski definition) is 5. The first-order valence-electron chi connectivity index (χ1n) is 7.77. The van der Waals surface area contributed by atoms with Crippen LogP contribution in [0.1, 0.15) is 29.4 Å². The van der Waals surface area contributed by atoms with Crippen molar-refractivity contribution in [1.82, 2.24) is 4.98 Å². The molecule has 0 N–H and O–H groups in total. The van der Waals surface area contributed by atoms with E-state index in [1.807, 2.05) is 13.0 Å². The third kappa shape index (κ3) is 3.37. The second-order valence-electron chi connectivity index (χ2n) is 5.79. The number of hydrogen-bond donors (Lipinski definition) is 0. The fourth-order valence-electron chi connectivity index (χ4n) is 2.96. The molecular weight excluding hydrogens is 313 g/mol. The standard InChI is InChI=1S/C17H20FN3OS/c1-12-11-23-17(19-12)21-8-4-7-20(9-10-21)15-6-3-5-14(18)16(15)13(2)22/h3,5-6,11H,4,7-10H2,1-2H3. The minimum absolute atomic E-state index is 0.200. The summed E-state index contributed by atoms with van der Waals surface area (Å²) in [5.74, 6) is -0.665. The van der Waals surface area contributed by atoms with E-state index < -0.39 is 5.82 Å². The van der Waals surface area contributed by atoms with Crippen LogP contribution in [-0.4, -0.2) is 36.9 Å². The number of aromatic nitrogens is 1. The normalized spacial score (nSPS) is 15.6. The van der Waals surface area contributed by atoms with Gasteiger partial charge in [-0.05, 0) is 32.4 Å². The van der Waals surface area contributed by atoms with Gasteiger partial charge in [-0.3, -0.25) is 4.79 Å². The van der Waals surface area contributed by atoms with E-state index in [4.69, 9.17) is 0 Å². The maximum Gasteiger partial charge on any atom is 0.185 e. The third-order valence-corrected chi connectivity index (χ3v) is 5.08. The van der Waals surface area contributed by atoms with Crippen molar-refractivity contribution in [1.29, 1.82) is 0 Å². The first-order chi connectivity index (χ1) is 11.1. The summed E-state index contributed by atoms with van der Waals surface area (Å²) < 4.78 is 14.0. The maximum absolute atomic E-state index is 14.0. The van der Waals surface area contributed by atoms with Crippen LogP contribution in [0.2, 0.25) is 0 Å². The van der Waals surface area contributed by atoms with Gasteiger partial charge in [0.25, 0.3) is 0 Å². The fraction of sp³-hybridized carbons (Fsp3) is 0.412. The van der Waals surface area contributed by atoms with Crippen molar-refractivity contribution in [2.75, 3.05) is 36.0 Å². The van der Waals surface area contributed by atoms with Gasteiger partial charge in [-0.2, -0.15) is 0 Å². The highest BCUT2D eigenvalue weighted by molar-refractivity contribution is 7.13. The molecule has 1 saturated heterocycles. The molecule has 0 bridgehead atoms. The van der Waals surface area contributed by atoms with Crippen molar-refractivity contribution < 1.29 is 9.18 Å². The molecule has 23 heavy (non-hydrogen) atoms. The molecule has 0 amide bonds. The highest BCUT2D eigenvalue weighted by atomic mass is 32.1. The lowest BCUT2D eigenvalue weighted by Gasteiger charge is -2.25. The second kappa shape index (κ2) is 6.66. The zero-order chi connectivity index (χ0) is 16.4. The summed E-state index contributed by atoms with van der Waals surface area (Å²) in [6, 6.07) is 4.86. The molecule has 0 saturated carbocycles. The lowest BCUT2D eigenvalue weighted by Crippen LogP contribution is -2.31. The van der Waals surface area contributed by atoms with Crippen LogP contribution in [0.4, 0.5) is 15.2 Å². The molecule has 2 heterocycles. The Morgan fingerprint density at radius 2 is 1.96 bits per heavy atom. The molecule has 1 aromatic carbocycles. The van der Waals surface area contributed by atoms with Crippen LogP contribution in [0.25, 0.3) is 0 Å². The van der Waals surface area contributed by atoms with Gasteiger partial charge in [0, 0.05) is 31.6 Å². The number of thiazole rings is 1. The smallest absolute Gasteiger partial charge is 0.185 e. The lowest BCUT2D eigenvalue weighted by molar-refractivity contribution is 0.101. The highest BCUT2D eigenvalue weighted by Gasteiger charge is 2.22. The molecular formula is C17H20FN3OS. The van der Waals surface area contributed by atoms with E-state index in [9.17, 15) is 9.18 Å². The van der Waals surface area contributed by atoms with Crippen molar-refractivity contribution in [2.45, 2.75) is 20.3 Å². The van der Waals surface area contributed by atoms with Crippen LogP contribution in [0, 0.1) is 12.7 Å². The zero-order valence-corrected chi connectivity index (χ0v) is 14.2. The number of carbonyl (C=O) groups excluding carboxylic acids is 1. The number of nitrogens with zero attached hydrogens (tertiary/aromatic N) is 3. The zero-order valence-electron chi connectivity index (χ0n) is 13.4. The Labute approximate surface area is 139 Å². The van der Waals surface area contributed by atoms with Crippen molar-refractivity contribution in [3.05, 3.63) is 40.7 Å². The van der Waals surface area contributed by atoms with E-state index in [0.29, 0.717) is 5.69 Å². The van der Waals surface area contributed by atoms with Crippen molar-refractivity contribution >= 4 is 27.9 Å². The summed E-state index contributed by atoms with van der Waals surface area (Å²) in [6.45, 7) is 6.72. The Bertz CT molecular complexity index is 716. The van der Waals surface area contributed by atoms with Gasteiger partial charge in [0.2, 0.25) is 0 Å². The Morgan fingerprint density at radius 3 is 2.65 bits per heavy atom. The quantitative estimate of drug-likeness (QED) is 0.806. The monoisotopic (exact) mass is 333 g/mol. The summed E-state index contributed by atoms with van der Waals surface area (Å²) in [6.07, 6.45) is 0.951. The Balaban J connectivity index is 1.81. The predicted octanol–water partition coefficient (Wildman–Crippen LogP) is 3.51. The van der Waals surface area contributed by atoms with E-state index in [0.717, 1.165) is 43.4 Å². The number of halogens is 1. The number of benzene rings is 1. The van der Waals surface area contributed by atoms with E-state index >= 15 is 0 Å². The van der Waals surface area contributed by atoms with Crippen LogP contribution in [0.3, 0.4) is 0 Å². The molecule has 4 nitrogen and oxygen atoms in total. The Kier molecular flexibility index (Phi) is 4.61. The van der Waals surface area contributed by atoms with E-state index in [1.165, 1.54) is 13.0 Å². The second-order valence-corrected chi connectivity index (χ2v) is 6.63. The minimum Gasteiger partial charge on any atom is -0.369 e. The first kappa shape index (κ1) is 15.9. The van der Waals surface area contributed by atoms with Crippen LogP contribution < -0.4 is 9.80 Å². The lowest BCUT2D eigenvalue weighted by atomic mass is 10.1. The molecule has 6 heteroatoms. The van der Waals surface area contributed by atoms with E-state index in [-0.39, 0.29) is 11.3 Å². The van der Waals surface area contributed by atoms with Crippen molar-refractivity contribution in [3.63, 3.8) is 0 Å². The number of ketones is 1. The fourth-order valence-corrected chi connectivity index (χ4v) is 3.82. The molecule has 0 radical (unpaired) electrons. The van der Waals surface area contributed by atoms with Gasteiger partial charge in [-0.1, -0.05) is 6.07 Å². The van der Waals surface area contributed by atoms with Gasteiger partial charge >= 0.3 is 0 Å². The maximum atomic E-state index is 14.0. The summed E-state index contributed by atoms with van der Waals surface area (Å²) in [5.41, 5.74) is 1.94. The number of aryl methyl sites for hydroxylation is 1. The molecule has 0 spiro atoms. The number of Topliss-reactive ketones (excluding diaryl/α,β-unsaturated/α-hetero) is 1. The first-order valence-corrected chi connectivity index (χ1v) is 8.65. The average molecular weight is 333 g/mol. The van der Waals surface area contributed by atoms with Crippen LogP contribution in [-0.2, 0) is 0 Å². The van der Waals surface area contributed by atoms with Crippen molar-refractivity contribution in [2.24, 2.45) is 0 Å². The molecule has 1 aliphatic heterocycles. The molecule has 0 unspecified atom stereocenters. The molecule has 1 aliphatic rings. The molecule has 122 valence electrons. The van der Waals surface area contributed by atoms with Crippen LogP contribution in [0.5, 0.6) is 0 Å². The summed E-state index contributed by atoms with van der Waals surface area (Å²) >= 11 is 1.66. The molecule has 2 aromatic rings. The summed E-state index contributed by atoms with van der Waals surface area (Å²) in [5, 5.41) is 3.09. The van der Waals surface area contributed by atoms with Crippen LogP contribution in [0.15, 0.2) is 23.6 Å². The summed E-state index contributed by atoms with van der Waals surface area (Å²) in [4.78, 5) is 20.7. The highest BCUT2D eigenvalue weighted by Crippen LogP contribution is 2.27. The van der Waals surface area contributed by atoms with Gasteiger partial charge in [-0.15, -0.1) is 11.3 Å². The number of anilines is 2. The third-order valence-electron chi connectivity index (χ3n) is 4.06. The van der Waals surface area contributed by atoms with Gasteiger partial charge in [0.05, 0.1) is 16.9 Å². The minimum atomic E-state index is -0.438. The number of carbonyl (C=O) groups is 1. The number of rotatable bonds is 3. The molecule has 0 aliphatic carbocycles. The average Bonchev–Trinajstić information content (AvgIpc) is 2.80. The largest absolute Gasteiger partial charge is 0.369 e. The topological polar surface area (TPSA) is 36.4 Å². The van der Waals surface area contributed by atoms with Crippen LogP contribution >= 0.6 is 11.3 Å². The van der Waals surface area contributed by atoms with Crippen molar-refractivity contribution in [3.8, 4) is 0 Å². The Hall–Kier alpha value is -1.95. The van der Waals surface area contributed by atoms with E-state index in [1.54, 1.807) is 17.4 Å². The van der Waals surface area contributed by atoms with Gasteiger partial charge in [0.1, 0.15) is 5.82 Å². The molecule has 1 fully saturated rings. The molecule has 3 rings (SSSR count).